The second-order valence-corrected chi connectivity index (χ2v) is 5.77. The average Bonchev–Trinajstić information content (AvgIpc) is 3.26. The van der Waals surface area contributed by atoms with Crippen LogP contribution in [-0.2, 0) is 6.54 Å². The van der Waals surface area contributed by atoms with E-state index < -0.39 is 0 Å². The van der Waals surface area contributed by atoms with Crippen molar-refractivity contribution in [2.24, 2.45) is 0 Å². The number of carbonyl (C=O) groups excluding carboxylic acids is 1. The summed E-state index contributed by atoms with van der Waals surface area (Å²) in [7, 11) is 0. The fraction of sp³-hybridized carbons (Fsp3) is 0.278. The number of fused-ring (bicyclic) bond motifs is 1. The molecule has 0 spiro atoms. The predicted molar refractivity (Wildman–Crippen MR) is 84.9 cm³/mol. The van der Waals surface area contributed by atoms with Crippen LogP contribution < -0.4 is 0 Å². The molecule has 0 N–H and O–H groups in total. The van der Waals surface area contributed by atoms with Crippen molar-refractivity contribution in [1.82, 2.24) is 9.47 Å². The van der Waals surface area contributed by atoms with E-state index in [9.17, 15) is 4.79 Å². The van der Waals surface area contributed by atoms with Crippen LogP contribution in [0.5, 0.6) is 0 Å². The number of carbonyl (C=O) groups is 1. The van der Waals surface area contributed by atoms with Crippen molar-refractivity contribution in [3.05, 3.63) is 60.0 Å². The van der Waals surface area contributed by atoms with E-state index in [4.69, 9.17) is 4.42 Å². The van der Waals surface area contributed by atoms with Gasteiger partial charge in [0, 0.05) is 31.8 Å². The molecule has 0 atom stereocenters. The fourth-order valence-corrected chi connectivity index (χ4v) is 3.17. The van der Waals surface area contributed by atoms with Crippen LogP contribution in [0.25, 0.3) is 11.1 Å². The number of likely N-dealkylation sites (tertiary alicyclic amines) is 1. The van der Waals surface area contributed by atoms with Crippen LogP contribution in [0.15, 0.2) is 53.1 Å². The Hall–Kier alpha value is -2.49. The Balaban J connectivity index is 1.75. The van der Waals surface area contributed by atoms with Crippen molar-refractivity contribution in [2.75, 3.05) is 13.1 Å². The third kappa shape index (κ3) is 2.21. The van der Waals surface area contributed by atoms with Crippen molar-refractivity contribution in [3.8, 4) is 0 Å². The van der Waals surface area contributed by atoms with Gasteiger partial charge in [0.1, 0.15) is 5.69 Å². The molecule has 4 nitrogen and oxygen atoms in total. The smallest absolute Gasteiger partial charge is 0.270 e. The molecule has 1 aliphatic heterocycles. The predicted octanol–water partition coefficient (Wildman–Crippen LogP) is 3.52. The molecule has 0 radical (unpaired) electrons. The standard InChI is InChI=1S/C18H18N2O2/c21-18(19-9-4-5-10-19)16-12-17-15(8-11-22-17)20(16)13-14-6-2-1-3-7-14/h1-3,6-8,11-12H,4-5,9-10,13H2. The lowest BCUT2D eigenvalue weighted by Crippen LogP contribution is -2.29. The van der Waals surface area contributed by atoms with Gasteiger partial charge >= 0.3 is 0 Å². The van der Waals surface area contributed by atoms with E-state index in [2.05, 4.69) is 16.7 Å². The monoisotopic (exact) mass is 294 g/mol. The van der Waals surface area contributed by atoms with E-state index >= 15 is 0 Å². The topological polar surface area (TPSA) is 38.4 Å². The van der Waals surface area contributed by atoms with E-state index in [-0.39, 0.29) is 5.91 Å². The summed E-state index contributed by atoms with van der Waals surface area (Å²) in [4.78, 5) is 14.7. The number of hydrogen-bond acceptors (Lipinski definition) is 2. The van der Waals surface area contributed by atoms with E-state index in [1.165, 1.54) is 5.56 Å². The Morgan fingerprint density at radius 1 is 1.09 bits per heavy atom. The third-order valence-electron chi connectivity index (χ3n) is 4.32. The summed E-state index contributed by atoms with van der Waals surface area (Å²) in [6.07, 6.45) is 3.87. The van der Waals surface area contributed by atoms with Crippen molar-refractivity contribution in [1.29, 1.82) is 0 Å². The molecule has 0 bridgehead atoms. The van der Waals surface area contributed by atoms with Gasteiger partial charge in [0.25, 0.3) is 5.91 Å². The van der Waals surface area contributed by atoms with Gasteiger partial charge < -0.3 is 13.9 Å². The zero-order chi connectivity index (χ0) is 14.9. The summed E-state index contributed by atoms with van der Waals surface area (Å²) < 4.78 is 7.56. The van der Waals surface area contributed by atoms with E-state index in [0.29, 0.717) is 6.54 Å². The van der Waals surface area contributed by atoms with Crippen molar-refractivity contribution >= 4 is 17.0 Å². The van der Waals surface area contributed by atoms with Gasteiger partial charge in [-0.05, 0) is 18.4 Å². The van der Waals surface area contributed by atoms with E-state index in [1.807, 2.05) is 35.2 Å². The maximum Gasteiger partial charge on any atom is 0.270 e. The maximum absolute atomic E-state index is 12.8. The van der Waals surface area contributed by atoms with Gasteiger partial charge in [-0.2, -0.15) is 0 Å². The zero-order valence-corrected chi connectivity index (χ0v) is 12.4. The number of amides is 1. The molecule has 1 saturated heterocycles. The van der Waals surface area contributed by atoms with Crippen LogP contribution in [-0.4, -0.2) is 28.5 Å². The maximum atomic E-state index is 12.8. The second-order valence-electron chi connectivity index (χ2n) is 5.77. The number of rotatable bonds is 3. The minimum atomic E-state index is 0.111. The summed E-state index contributed by atoms with van der Waals surface area (Å²) in [6.45, 7) is 2.40. The SMILES string of the molecule is O=C(c1cc2occc2n1Cc1ccccc1)N1CCCC1. The lowest BCUT2D eigenvalue weighted by molar-refractivity contribution is 0.0783. The molecule has 4 heteroatoms. The van der Waals surface area contributed by atoms with Crippen LogP contribution in [0.1, 0.15) is 28.9 Å². The summed E-state index contributed by atoms with van der Waals surface area (Å²) in [5.74, 6) is 0.111. The number of aromatic nitrogens is 1. The number of nitrogens with zero attached hydrogens (tertiary/aromatic N) is 2. The quantitative estimate of drug-likeness (QED) is 0.741. The highest BCUT2D eigenvalue weighted by Gasteiger charge is 2.24. The first-order valence-corrected chi connectivity index (χ1v) is 7.73. The Kier molecular flexibility index (Phi) is 3.22. The Bertz CT molecular complexity index is 795. The molecule has 3 heterocycles. The van der Waals surface area contributed by atoms with Gasteiger partial charge in [0.05, 0.1) is 11.8 Å². The van der Waals surface area contributed by atoms with Gasteiger partial charge in [0.15, 0.2) is 5.58 Å². The van der Waals surface area contributed by atoms with Crippen LogP contribution in [0, 0.1) is 0 Å². The number of furan rings is 1. The summed E-state index contributed by atoms with van der Waals surface area (Å²) in [6, 6.07) is 14.0. The van der Waals surface area contributed by atoms with Gasteiger partial charge in [-0.1, -0.05) is 30.3 Å². The minimum Gasteiger partial charge on any atom is -0.463 e. The second kappa shape index (κ2) is 5.37. The molecule has 1 fully saturated rings. The Morgan fingerprint density at radius 3 is 2.64 bits per heavy atom. The molecular formula is C18H18N2O2. The van der Waals surface area contributed by atoms with Crippen molar-refractivity contribution in [3.63, 3.8) is 0 Å². The highest BCUT2D eigenvalue weighted by Crippen LogP contribution is 2.24. The van der Waals surface area contributed by atoms with Gasteiger partial charge in [-0.25, -0.2) is 0 Å². The fourth-order valence-electron chi connectivity index (χ4n) is 3.17. The van der Waals surface area contributed by atoms with Crippen molar-refractivity contribution in [2.45, 2.75) is 19.4 Å². The molecule has 0 saturated carbocycles. The molecule has 1 aliphatic rings. The molecular weight excluding hydrogens is 276 g/mol. The zero-order valence-electron chi connectivity index (χ0n) is 12.4. The van der Waals surface area contributed by atoms with Crippen LogP contribution in [0.4, 0.5) is 0 Å². The van der Waals surface area contributed by atoms with Gasteiger partial charge in [-0.15, -0.1) is 0 Å². The molecule has 1 amide bonds. The molecule has 1 aromatic carbocycles. The molecule has 4 rings (SSSR count). The largest absolute Gasteiger partial charge is 0.463 e. The first kappa shape index (κ1) is 13.2. The number of hydrogen-bond donors (Lipinski definition) is 0. The third-order valence-corrected chi connectivity index (χ3v) is 4.32. The van der Waals surface area contributed by atoms with E-state index in [1.54, 1.807) is 6.26 Å². The Morgan fingerprint density at radius 2 is 1.86 bits per heavy atom. The molecule has 112 valence electrons. The highest BCUT2D eigenvalue weighted by atomic mass is 16.3. The lowest BCUT2D eigenvalue weighted by atomic mass is 10.2. The lowest BCUT2D eigenvalue weighted by Gasteiger charge is -2.17. The minimum absolute atomic E-state index is 0.111. The molecule has 0 aliphatic carbocycles. The van der Waals surface area contributed by atoms with Crippen molar-refractivity contribution < 1.29 is 9.21 Å². The highest BCUT2D eigenvalue weighted by molar-refractivity contribution is 5.97. The van der Waals surface area contributed by atoms with Gasteiger partial charge in [-0.3, -0.25) is 4.79 Å². The van der Waals surface area contributed by atoms with Gasteiger partial charge in [0.2, 0.25) is 0 Å². The van der Waals surface area contributed by atoms with Crippen LogP contribution >= 0.6 is 0 Å². The van der Waals surface area contributed by atoms with Crippen LogP contribution in [0.2, 0.25) is 0 Å². The van der Waals surface area contributed by atoms with Crippen LogP contribution in [0.3, 0.4) is 0 Å². The van der Waals surface area contributed by atoms with E-state index in [0.717, 1.165) is 42.7 Å². The number of benzene rings is 1. The molecule has 0 unspecified atom stereocenters. The molecule has 3 aromatic rings. The average molecular weight is 294 g/mol. The Labute approximate surface area is 128 Å². The summed E-state index contributed by atoms with van der Waals surface area (Å²) >= 11 is 0. The first-order valence-electron chi connectivity index (χ1n) is 7.73. The summed E-state index contributed by atoms with van der Waals surface area (Å²) in [5.41, 5.74) is 3.65. The molecule has 2 aromatic heterocycles. The molecule has 22 heavy (non-hydrogen) atoms. The first-order chi connectivity index (χ1) is 10.8. The normalized spacial score (nSPS) is 14.8. The summed E-state index contributed by atoms with van der Waals surface area (Å²) in [5, 5.41) is 0.